The van der Waals surface area contributed by atoms with Crippen molar-refractivity contribution in [1.82, 2.24) is 24.1 Å². The molecule has 0 aliphatic rings. The molecule has 1 aromatic carbocycles. The Bertz CT molecular complexity index is 1080. The summed E-state index contributed by atoms with van der Waals surface area (Å²) < 4.78 is 31.4. The molecule has 0 saturated carbocycles. The molecule has 0 unspecified atom stereocenters. The van der Waals surface area contributed by atoms with Crippen molar-refractivity contribution < 1.29 is 13.9 Å². The number of hydrogen-bond donors (Lipinski definition) is 1. The molecule has 0 aliphatic carbocycles. The van der Waals surface area contributed by atoms with Crippen molar-refractivity contribution in [2.45, 2.75) is 25.1 Å². The molecule has 0 spiro atoms. The van der Waals surface area contributed by atoms with Crippen molar-refractivity contribution in [1.29, 1.82) is 0 Å². The Morgan fingerprint density at radius 1 is 1.15 bits per heavy atom. The predicted octanol–water partition coefficient (Wildman–Crippen LogP) is 3.06. The molecule has 1 N–H and O–H groups in total. The zero-order valence-electron chi connectivity index (χ0n) is 14.5. The number of nitrogens with zero attached hydrogens (tertiary/aromatic N) is 5. The quantitative estimate of drug-likeness (QED) is 0.587. The minimum Gasteiger partial charge on any atom is -0.381 e. The maximum absolute atomic E-state index is 14.6. The first kappa shape index (κ1) is 17.3. The van der Waals surface area contributed by atoms with Crippen molar-refractivity contribution in [2.24, 2.45) is 0 Å². The molecule has 0 bridgehead atoms. The van der Waals surface area contributed by atoms with Crippen LogP contribution in [0.2, 0.25) is 0 Å². The average molecular weight is 369 g/mol. The van der Waals surface area contributed by atoms with E-state index in [1.54, 1.807) is 53.1 Å². The Balaban J connectivity index is 1.86. The highest BCUT2D eigenvalue weighted by Gasteiger charge is 2.40. The van der Waals surface area contributed by atoms with Gasteiger partial charge in [-0.05, 0) is 25.1 Å². The molecule has 0 radical (unpaired) electrons. The van der Waals surface area contributed by atoms with Crippen LogP contribution in [0.4, 0.5) is 8.78 Å². The molecule has 27 heavy (non-hydrogen) atoms. The summed E-state index contributed by atoms with van der Waals surface area (Å²) in [5.74, 6) is -1.52. The topological polar surface area (TPSA) is 68.8 Å². The Hall–Kier alpha value is -3.13. The molecule has 0 aliphatic heterocycles. The number of hydrogen-bond acceptors (Lipinski definition) is 4. The summed E-state index contributed by atoms with van der Waals surface area (Å²) in [6.45, 7) is 1.76. The summed E-state index contributed by atoms with van der Waals surface area (Å²) in [6.07, 6.45) is 7.95. The molecular formula is C19H17F2N5O. The highest BCUT2D eigenvalue weighted by atomic mass is 19.1. The van der Waals surface area contributed by atoms with Gasteiger partial charge in [-0.1, -0.05) is 6.07 Å². The lowest BCUT2D eigenvalue weighted by Crippen LogP contribution is -2.40. The summed E-state index contributed by atoms with van der Waals surface area (Å²) in [6, 6.07) is 6.09. The summed E-state index contributed by atoms with van der Waals surface area (Å²) in [5, 5.41) is 11.6. The fourth-order valence-corrected chi connectivity index (χ4v) is 3.32. The Morgan fingerprint density at radius 2 is 2.00 bits per heavy atom. The van der Waals surface area contributed by atoms with Gasteiger partial charge in [0.05, 0.1) is 25.2 Å². The first-order valence-corrected chi connectivity index (χ1v) is 8.40. The molecule has 0 saturated heterocycles. The molecule has 3 aromatic heterocycles. The normalized spacial score (nSPS) is 15.0. The maximum Gasteiger partial charge on any atom is 0.160 e. The number of imidazole rings is 2. The fourth-order valence-electron chi connectivity index (χ4n) is 3.32. The monoisotopic (exact) mass is 369 g/mol. The molecule has 4 aromatic rings. The minimum absolute atomic E-state index is 0.0112. The third kappa shape index (κ3) is 2.97. The van der Waals surface area contributed by atoms with E-state index in [2.05, 4.69) is 15.0 Å². The fraction of sp³-hybridized carbons (Fsp3) is 0.211. The van der Waals surface area contributed by atoms with Gasteiger partial charge in [0, 0.05) is 30.2 Å². The van der Waals surface area contributed by atoms with E-state index in [0.29, 0.717) is 11.2 Å². The van der Waals surface area contributed by atoms with E-state index < -0.39 is 23.3 Å². The number of aliphatic hydroxyl groups is 1. The minimum atomic E-state index is -1.70. The van der Waals surface area contributed by atoms with E-state index >= 15 is 0 Å². The van der Waals surface area contributed by atoms with Gasteiger partial charge in [0.1, 0.15) is 22.8 Å². The number of pyridine rings is 1. The van der Waals surface area contributed by atoms with Gasteiger partial charge >= 0.3 is 0 Å². The van der Waals surface area contributed by atoms with Crippen LogP contribution in [0.25, 0.3) is 11.2 Å². The van der Waals surface area contributed by atoms with E-state index in [-0.39, 0.29) is 12.1 Å². The van der Waals surface area contributed by atoms with Gasteiger partial charge < -0.3 is 14.2 Å². The van der Waals surface area contributed by atoms with Crippen molar-refractivity contribution in [3.63, 3.8) is 0 Å². The van der Waals surface area contributed by atoms with Crippen LogP contribution in [-0.2, 0) is 12.1 Å². The van der Waals surface area contributed by atoms with Crippen LogP contribution in [0.15, 0.2) is 61.6 Å². The first-order valence-electron chi connectivity index (χ1n) is 8.40. The van der Waals surface area contributed by atoms with Crippen molar-refractivity contribution >= 4 is 11.2 Å². The SMILES string of the molecule is C[C@@H](n1cnc2cccnc21)[C@](O)(Cn1ccnc1)c1ccc(F)cc1F. The van der Waals surface area contributed by atoms with Gasteiger partial charge in [-0.2, -0.15) is 0 Å². The van der Waals surface area contributed by atoms with Crippen molar-refractivity contribution in [3.05, 3.63) is 78.8 Å². The Labute approximate surface area is 153 Å². The molecule has 0 amide bonds. The third-order valence-corrected chi connectivity index (χ3v) is 4.82. The van der Waals surface area contributed by atoms with Crippen LogP contribution < -0.4 is 0 Å². The Kier molecular flexibility index (Phi) is 4.19. The van der Waals surface area contributed by atoms with Gasteiger partial charge in [-0.3, -0.25) is 0 Å². The Morgan fingerprint density at radius 3 is 2.74 bits per heavy atom. The second-order valence-corrected chi connectivity index (χ2v) is 6.46. The van der Waals surface area contributed by atoms with Gasteiger partial charge in [0.2, 0.25) is 0 Å². The van der Waals surface area contributed by atoms with E-state index in [1.165, 1.54) is 12.4 Å². The van der Waals surface area contributed by atoms with E-state index in [0.717, 1.165) is 12.1 Å². The molecular weight excluding hydrogens is 352 g/mol. The molecule has 0 fully saturated rings. The number of halogens is 2. The van der Waals surface area contributed by atoms with Crippen LogP contribution in [0.3, 0.4) is 0 Å². The highest BCUT2D eigenvalue weighted by molar-refractivity contribution is 5.70. The lowest BCUT2D eigenvalue weighted by atomic mass is 9.86. The summed E-state index contributed by atoms with van der Waals surface area (Å²) in [5.41, 5.74) is -0.489. The van der Waals surface area contributed by atoms with Crippen LogP contribution >= 0.6 is 0 Å². The molecule has 4 rings (SSSR count). The van der Waals surface area contributed by atoms with E-state index in [9.17, 15) is 13.9 Å². The van der Waals surface area contributed by atoms with Gasteiger partial charge in [0.15, 0.2) is 5.65 Å². The van der Waals surface area contributed by atoms with Gasteiger partial charge in [-0.25, -0.2) is 23.7 Å². The molecule has 3 heterocycles. The summed E-state index contributed by atoms with van der Waals surface area (Å²) in [4.78, 5) is 12.6. The summed E-state index contributed by atoms with van der Waals surface area (Å²) in [7, 11) is 0. The van der Waals surface area contributed by atoms with E-state index in [4.69, 9.17) is 0 Å². The molecule has 8 heteroatoms. The van der Waals surface area contributed by atoms with Gasteiger partial charge in [-0.15, -0.1) is 0 Å². The molecule has 2 atom stereocenters. The molecule has 6 nitrogen and oxygen atoms in total. The first-order chi connectivity index (χ1) is 13.0. The van der Waals surface area contributed by atoms with Crippen molar-refractivity contribution in [3.8, 4) is 0 Å². The second kappa shape index (κ2) is 6.55. The number of rotatable bonds is 5. The second-order valence-electron chi connectivity index (χ2n) is 6.46. The predicted molar refractivity (Wildman–Crippen MR) is 94.7 cm³/mol. The largest absolute Gasteiger partial charge is 0.381 e. The molecule has 138 valence electrons. The number of aromatic nitrogens is 5. The number of fused-ring (bicyclic) bond motifs is 1. The van der Waals surface area contributed by atoms with Gasteiger partial charge in [0.25, 0.3) is 0 Å². The van der Waals surface area contributed by atoms with Crippen LogP contribution in [0, 0.1) is 11.6 Å². The number of benzene rings is 1. The zero-order valence-corrected chi connectivity index (χ0v) is 14.5. The van der Waals surface area contributed by atoms with Crippen LogP contribution in [0.5, 0.6) is 0 Å². The zero-order chi connectivity index (χ0) is 19.0. The maximum atomic E-state index is 14.6. The van der Waals surface area contributed by atoms with Crippen LogP contribution in [-0.4, -0.2) is 29.2 Å². The smallest absolute Gasteiger partial charge is 0.160 e. The van der Waals surface area contributed by atoms with E-state index in [1.807, 2.05) is 0 Å². The summed E-state index contributed by atoms with van der Waals surface area (Å²) >= 11 is 0. The third-order valence-electron chi connectivity index (χ3n) is 4.82. The highest BCUT2D eigenvalue weighted by Crippen LogP contribution is 2.37. The van der Waals surface area contributed by atoms with Crippen LogP contribution in [0.1, 0.15) is 18.5 Å². The lowest BCUT2D eigenvalue weighted by Gasteiger charge is -2.36. The lowest BCUT2D eigenvalue weighted by molar-refractivity contribution is -0.0292. The average Bonchev–Trinajstić information content (AvgIpc) is 3.30. The standard InChI is InChI=1S/C19H17F2N5O/c1-13(26-12-24-17-3-2-6-23-18(17)26)19(27,10-25-8-7-22-11-25)15-5-4-14(20)9-16(15)21/h2-9,11-13,27H,10H2,1H3/t13-,19-/m1/s1. The van der Waals surface area contributed by atoms with Crippen molar-refractivity contribution in [2.75, 3.05) is 0 Å².